The molecule has 0 N–H and O–H groups in total. The number of rotatable bonds is 6. The van der Waals surface area contributed by atoms with Crippen LogP contribution in [0.15, 0.2) is 42.5 Å². The molecule has 0 aromatic heterocycles. The molecule has 10 heteroatoms. The minimum absolute atomic E-state index is 0.184. The average molecular weight is 452 g/mol. The van der Waals surface area contributed by atoms with Crippen LogP contribution in [0.4, 0.5) is 18.9 Å². The van der Waals surface area contributed by atoms with E-state index >= 15 is 0 Å². The summed E-state index contributed by atoms with van der Waals surface area (Å²) in [6.45, 7) is 0.906. The number of halogens is 3. The maximum absolute atomic E-state index is 12.9. The molecule has 0 bridgehead atoms. The second-order valence-corrected chi connectivity index (χ2v) is 7.09. The van der Waals surface area contributed by atoms with Crippen molar-refractivity contribution >= 4 is 17.6 Å². The number of carbonyl (C=O) groups excluding carboxylic acids is 2. The summed E-state index contributed by atoms with van der Waals surface area (Å²) in [6.07, 6.45) is -4.41. The van der Waals surface area contributed by atoms with Crippen LogP contribution >= 0.6 is 0 Å². The number of carbonyl (C=O) groups is 2. The lowest BCUT2D eigenvalue weighted by Crippen LogP contribution is -2.50. The summed E-state index contributed by atoms with van der Waals surface area (Å²) >= 11 is 0. The minimum Gasteiger partial charge on any atom is -0.497 e. The second-order valence-electron chi connectivity index (χ2n) is 7.09. The SMILES string of the molecule is COc1cc(OC)cc(C(=O)OCC(=O)N2CCN(c3cccc(C(F)(F)F)c3)CC2)c1. The molecular formula is C22H23F3N2O5. The standard InChI is InChI=1S/C22H23F3N2O5/c1-30-18-10-15(11-19(13-18)31-2)21(29)32-14-20(28)27-8-6-26(7-9-27)17-5-3-4-16(12-17)22(23,24)25/h3-5,10-13H,6-9,14H2,1-2H3. The lowest BCUT2D eigenvalue weighted by atomic mass is 10.1. The van der Waals surface area contributed by atoms with E-state index in [2.05, 4.69) is 0 Å². The van der Waals surface area contributed by atoms with Crippen molar-refractivity contribution in [3.63, 3.8) is 0 Å². The second kappa shape index (κ2) is 9.80. The van der Waals surface area contributed by atoms with Crippen molar-refractivity contribution in [2.45, 2.75) is 6.18 Å². The largest absolute Gasteiger partial charge is 0.497 e. The Kier molecular flexibility index (Phi) is 7.12. The highest BCUT2D eigenvalue weighted by molar-refractivity contribution is 5.92. The third-order valence-electron chi connectivity index (χ3n) is 5.08. The molecule has 0 spiro atoms. The number of nitrogens with zero attached hydrogens (tertiary/aromatic N) is 2. The van der Waals surface area contributed by atoms with Crippen molar-refractivity contribution in [3.8, 4) is 11.5 Å². The Morgan fingerprint density at radius 1 is 0.938 bits per heavy atom. The molecule has 0 radical (unpaired) electrons. The van der Waals surface area contributed by atoms with Crippen LogP contribution in [0, 0.1) is 0 Å². The van der Waals surface area contributed by atoms with Crippen molar-refractivity contribution in [2.75, 3.05) is 51.9 Å². The first kappa shape index (κ1) is 23.2. The zero-order valence-corrected chi connectivity index (χ0v) is 17.6. The summed E-state index contributed by atoms with van der Waals surface area (Å²) in [4.78, 5) is 28.1. The first-order chi connectivity index (χ1) is 15.2. The molecule has 1 aliphatic rings. The van der Waals surface area contributed by atoms with Crippen LogP contribution in [0.25, 0.3) is 0 Å². The van der Waals surface area contributed by atoms with E-state index in [4.69, 9.17) is 14.2 Å². The van der Waals surface area contributed by atoms with E-state index in [1.165, 1.54) is 37.3 Å². The fraction of sp³-hybridized carbons (Fsp3) is 0.364. The van der Waals surface area contributed by atoms with Crippen LogP contribution in [0.3, 0.4) is 0 Å². The van der Waals surface area contributed by atoms with E-state index in [0.717, 1.165) is 12.1 Å². The Hall–Kier alpha value is -3.43. The zero-order chi connectivity index (χ0) is 23.3. The van der Waals surface area contributed by atoms with Crippen LogP contribution in [0.1, 0.15) is 15.9 Å². The number of methoxy groups -OCH3 is 2. The maximum atomic E-state index is 12.9. The smallest absolute Gasteiger partial charge is 0.416 e. The van der Waals surface area contributed by atoms with Gasteiger partial charge in [0.05, 0.1) is 25.3 Å². The minimum atomic E-state index is -4.41. The van der Waals surface area contributed by atoms with Gasteiger partial charge in [0.2, 0.25) is 0 Å². The van der Waals surface area contributed by atoms with E-state index in [9.17, 15) is 22.8 Å². The molecule has 2 aromatic rings. The molecule has 0 saturated carbocycles. The van der Waals surface area contributed by atoms with E-state index in [1.54, 1.807) is 17.0 Å². The lowest BCUT2D eigenvalue weighted by Gasteiger charge is -2.36. The van der Waals surface area contributed by atoms with Gasteiger partial charge >= 0.3 is 12.1 Å². The number of amides is 1. The Morgan fingerprint density at radius 3 is 2.12 bits per heavy atom. The molecule has 1 heterocycles. The van der Waals surface area contributed by atoms with E-state index in [1.807, 2.05) is 0 Å². The van der Waals surface area contributed by atoms with Gasteiger partial charge in [-0.05, 0) is 30.3 Å². The Labute approximate surface area is 183 Å². The number of hydrogen-bond donors (Lipinski definition) is 0. The molecular weight excluding hydrogens is 429 g/mol. The normalized spacial score (nSPS) is 14.2. The molecule has 2 aromatic carbocycles. The topological polar surface area (TPSA) is 68.3 Å². The van der Waals surface area contributed by atoms with Crippen LogP contribution in [-0.2, 0) is 15.7 Å². The van der Waals surface area contributed by atoms with Gasteiger partial charge in [-0.2, -0.15) is 13.2 Å². The van der Waals surface area contributed by atoms with Crippen molar-refractivity contribution in [2.24, 2.45) is 0 Å². The highest BCUT2D eigenvalue weighted by Crippen LogP contribution is 2.32. The number of hydrogen-bond acceptors (Lipinski definition) is 6. The highest BCUT2D eigenvalue weighted by Gasteiger charge is 2.31. The number of anilines is 1. The summed E-state index contributed by atoms with van der Waals surface area (Å²) in [5, 5.41) is 0. The van der Waals surface area contributed by atoms with Gasteiger partial charge in [0.15, 0.2) is 6.61 Å². The molecule has 1 fully saturated rings. The molecule has 1 aliphatic heterocycles. The molecule has 32 heavy (non-hydrogen) atoms. The Balaban J connectivity index is 1.53. The third-order valence-corrected chi connectivity index (χ3v) is 5.08. The molecule has 0 aliphatic carbocycles. The summed E-state index contributed by atoms with van der Waals surface area (Å²) < 4.78 is 54.1. The Morgan fingerprint density at radius 2 is 1.56 bits per heavy atom. The molecule has 7 nitrogen and oxygen atoms in total. The molecule has 3 rings (SSSR count). The zero-order valence-electron chi connectivity index (χ0n) is 17.6. The maximum Gasteiger partial charge on any atom is 0.416 e. The Bertz CT molecular complexity index is 950. The van der Waals surface area contributed by atoms with Gasteiger partial charge < -0.3 is 24.0 Å². The van der Waals surface area contributed by atoms with Crippen LogP contribution in [-0.4, -0.2) is 63.8 Å². The molecule has 1 saturated heterocycles. The number of esters is 1. The molecule has 1 amide bonds. The molecule has 0 atom stereocenters. The first-order valence-corrected chi connectivity index (χ1v) is 9.81. The number of alkyl halides is 3. The first-order valence-electron chi connectivity index (χ1n) is 9.81. The highest BCUT2D eigenvalue weighted by atomic mass is 19.4. The van der Waals surface area contributed by atoms with Gasteiger partial charge in [-0.3, -0.25) is 4.79 Å². The summed E-state index contributed by atoms with van der Waals surface area (Å²) in [5.74, 6) is -0.253. The quantitative estimate of drug-likeness (QED) is 0.627. The van der Waals surface area contributed by atoms with Crippen LogP contribution in [0.5, 0.6) is 11.5 Å². The lowest BCUT2D eigenvalue weighted by molar-refractivity contribution is -0.137. The van der Waals surface area contributed by atoms with Crippen molar-refractivity contribution in [3.05, 3.63) is 53.6 Å². The number of benzene rings is 2. The van der Waals surface area contributed by atoms with Crippen LogP contribution < -0.4 is 14.4 Å². The predicted molar refractivity (Wildman–Crippen MR) is 110 cm³/mol. The molecule has 0 unspecified atom stereocenters. The van der Waals surface area contributed by atoms with Gasteiger partial charge in [0.25, 0.3) is 5.91 Å². The molecule has 172 valence electrons. The van der Waals surface area contributed by atoms with Crippen LogP contribution in [0.2, 0.25) is 0 Å². The fourth-order valence-corrected chi connectivity index (χ4v) is 3.32. The van der Waals surface area contributed by atoms with Gasteiger partial charge in [-0.1, -0.05) is 6.07 Å². The van der Waals surface area contributed by atoms with E-state index in [-0.39, 0.29) is 11.5 Å². The summed E-state index contributed by atoms with van der Waals surface area (Å²) in [5.41, 5.74) is -0.0803. The predicted octanol–water partition coefficient (Wildman–Crippen LogP) is 3.23. The van der Waals surface area contributed by atoms with Crippen molar-refractivity contribution in [1.82, 2.24) is 4.90 Å². The summed E-state index contributed by atoms with van der Waals surface area (Å²) in [7, 11) is 2.90. The fourth-order valence-electron chi connectivity index (χ4n) is 3.32. The van der Waals surface area contributed by atoms with Gasteiger partial charge in [0.1, 0.15) is 11.5 Å². The van der Waals surface area contributed by atoms with Gasteiger partial charge in [0, 0.05) is 37.9 Å². The number of ether oxygens (including phenoxy) is 3. The van der Waals surface area contributed by atoms with E-state index < -0.39 is 24.3 Å². The monoisotopic (exact) mass is 452 g/mol. The van der Waals surface area contributed by atoms with Gasteiger partial charge in [-0.25, -0.2) is 4.79 Å². The van der Waals surface area contributed by atoms with Crippen molar-refractivity contribution in [1.29, 1.82) is 0 Å². The van der Waals surface area contributed by atoms with Crippen molar-refractivity contribution < 1.29 is 37.0 Å². The van der Waals surface area contributed by atoms with Gasteiger partial charge in [-0.15, -0.1) is 0 Å². The average Bonchev–Trinajstić information content (AvgIpc) is 2.81. The number of piperazine rings is 1. The third kappa shape index (κ3) is 5.63. The van der Waals surface area contributed by atoms with E-state index in [0.29, 0.717) is 43.4 Å². The summed E-state index contributed by atoms with van der Waals surface area (Å²) in [6, 6.07) is 9.65.